The molecule has 1 fully saturated rings. The first kappa shape index (κ1) is 22.8. The topological polar surface area (TPSA) is 59.1 Å². The highest BCUT2D eigenvalue weighted by atomic mass is 16.5. The van der Waals surface area contributed by atoms with E-state index >= 15 is 0 Å². The number of likely N-dealkylation sites (N-methyl/N-ethyl adjacent to an activating group) is 1. The molecule has 0 saturated carbocycles. The second-order valence-electron chi connectivity index (χ2n) is 7.91. The standard InChI is InChI=1S/C25H32N2O4/c1-26-15-17-27(18-16-26)25(29)21(10-4-3-5-14-24(28)30-2)19-31-23-13-8-11-20-9-6-7-12-22(20)23/h6-13H,3-5,14-19H2,1-2H3/b21-10+. The lowest BCUT2D eigenvalue weighted by Crippen LogP contribution is -2.48. The molecule has 31 heavy (non-hydrogen) atoms. The Hall–Kier alpha value is -2.86. The number of ether oxygens (including phenoxy) is 2. The zero-order valence-electron chi connectivity index (χ0n) is 18.5. The maximum Gasteiger partial charge on any atom is 0.305 e. The number of esters is 1. The highest BCUT2D eigenvalue weighted by molar-refractivity contribution is 5.94. The number of hydrogen-bond donors (Lipinski definition) is 0. The molecule has 1 aliphatic rings. The van der Waals surface area contributed by atoms with Crippen molar-refractivity contribution in [3.63, 3.8) is 0 Å². The molecule has 0 aromatic heterocycles. The summed E-state index contributed by atoms with van der Waals surface area (Å²) in [6, 6.07) is 14.0. The number of carbonyl (C=O) groups is 2. The fourth-order valence-electron chi connectivity index (χ4n) is 3.69. The fourth-order valence-corrected chi connectivity index (χ4v) is 3.69. The molecule has 1 aliphatic heterocycles. The molecule has 2 aromatic carbocycles. The van der Waals surface area contributed by atoms with Crippen molar-refractivity contribution < 1.29 is 19.1 Å². The van der Waals surface area contributed by atoms with Crippen LogP contribution in [0.1, 0.15) is 25.7 Å². The van der Waals surface area contributed by atoms with Crippen LogP contribution in [0.2, 0.25) is 0 Å². The molecule has 0 spiro atoms. The van der Waals surface area contributed by atoms with Crippen LogP contribution in [0.15, 0.2) is 54.1 Å². The zero-order chi connectivity index (χ0) is 22.1. The van der Waals surface area contributed by atoms with Gasteiger partial charge in [-0.2, -0.15) is 0 Å². The van der Waals surface area contributed by atoms with Crippen LogP contribution in [0.3, 0.4) is 0 Å². The van der Waals surface area contributed by atoms with Gasteiger partial charge in [0.25, 0.3) is 5.91 Å². The minimum atomic E-state index is -0.197. The summed E-state index contributed by atoms with van der Waals surface area (Å²) in [5, 5.41) is 2.15. The lowest BCUT2D eigenvalue weighted by atomic mass is 10.1. The summed E-state index contributed by atoms with van der Waals surface area (Å²) < 4.78 is 10.8. The lowest BCUT2D eigenvalue weighted by Gasteiger charge is -2.33. The van der Waals surface area contributed by atoms with Gasteiger partial charge in [-0.15, -0.1) is 0 Å². The largest absolute Gasteiger partial charge is 0.488 e. The monoisotopic (exact) mass is 424 g/mol. The number of benzene rings is 2. The van der Waals surface area contributed by atoms with Crippen LogP contribution in [0.5, 0.6) is 5.75 Å². The fraction of sp³-hybridized carbons (Fsp3) is 0.440. The Balaban J connectivity index is 1.67. The molecule has 1 amide bonds. The molecule has 1 heterocycles. The second-order valence-corrected chi connectivity index (χ2v) is 7.91. The molecule has 0 aliphatic carbocycles. The summed E-state index contributed by atoms with van der Waals surface area (Å²) in [5.41, 5.74) is 0.676. The molecule has 2 aromatic rings. The van der Waals surface area contributed by atoms with Gasteiger partial charge in [0, 0.05) is 38.0 Å². The minimum Gasteiger partial charge on any atom is -0.488 e. The Morgan fingerprint density at radius 2 is 1.74 bits per heavy atom. The number of carbonyl (C=O) groups excluding carboxylic acids is 2. The van der Waals surface area contributed by atoms with Gasteiger partial charge >= 0.3 is 5.97 Å². The first-order chi connectivity index (χ1) is 15.1. The Morgan fingerprint density at radius 1 is 1.00 bits per heavy atom. The Morgan fingerprint density at radius 3 is 2.52 bits per heavy atom. The van der Waals surface area contributed by atoms with Crippen molar-refractivity contribution in [1.82, 2.24) is 9.80 Å². The van der Waals surface area contributed by atoms with Crippen LogP contribution in [-0.2, 0) is 14.3 Å². The number of amides is 1. The number of fused-ring (bicyclic) bond motifs is 1. The van der Waals surface area contributed by atoms with Crippen LogP contribution in [0.25, 0.3) is 10.8 Å². The number of rotatable bonds is 9. The molecule has 0 radical (unpaired) electrons. The van der Waals surface area contributed by atoms with Crippen LogP contribution >= 0.6 is 0 Å². The lowest BCUT2D eigenvalue weighted by molar-refractivity contribution is -0.140. The van der Waals surface area contributed by atoms with Crippen LogP contribution < -0.4 is 4.74 Å². The predicted octanol–water partition coefficient (Wildman–Crippen LogP) is 3.65. The number of hydrogen-bond acceptors (Lipinski definition) is 5. The molecule has 0 unspecified atom stereocenters. The minimum absolute atomic E-state index is 0.0429. The van der Waals surface area contributed by atoms with Crippen LogP contribution in [0, 0.1) is 0 Å². The summed E-state index contributed by atoms with van der Waals surface area (Å²) in [5.74, 6) is 0.624. The van der Waals surface area contributed by atoms with Crippen molar-refractivity contribution >= 4 is 22.6 Å². The van der Waals surface area contributed by atoms with E-state index in [0.29, 0.717) is 12.0 Å². The summed E-state index contributed by atoms with van der Waals surface area (Å²) in [4.78, 5) is 28.6. The van der Waals surface area contributed by atoms with Crippen molar-refractivity contribution in [3.8, 4) is 5.75 Å². The van der Waals surface area contributed by atoms with E-state index in [2.05, 4.69) is 28.8 Å². The zero-order valence-corrected chi connectivity index (χ0v) is 18.5. The third kappa shape index (κ3) is 6.56. The molecule has 6 heteroatoms. The Bertz CT molecular complexity index is 911. The Kier molecular flexibility index (Phi) is 8.47. The van der Waals surface area contributed by atoms with E-state index in [4.69, 9.17) is 4.74 Å². The number of allylic oxidation sites excluding steroid dienone is 1. The molecular weight excluding hydrogens is 392 g/mol. The van der Waals surface area contributed by atoms with E-state index in [1.54, 1.807) is 0 Å². The van der Waals surface area contributed by atoms with Gasteiger partial charge in [-0.3, -0.25) is 9.59 Å². The summed E-state index contributed by atoms with van der Waals surface area (Å²) >= 11 is 0. The van der Waals surface area contributed by atoms with E-state index in [-0.39, 0.29) is 18.5 Å². The smallest absolute Gasteiger partial charge is 0.305 e. The molecule has 166 valence electrons. The average molecular weight is 425 g/mol. The Labute approximate surface area is 184 Å². The molecule has 0 bridgehead atoms. The number of unbranched alkanes of at least 4 members (excludes halogenated alkanes) is 2. The molecule has 1 saturated heterocycles. The van der Waals surface area contributed by atoms with Crippen molar-refractivity contribution in [3.05, 3.63) is 54.1 Å². The van der Waals surface area contributed by atoms with Crippen LogP contribution in [-0.4, -0.2) is 68.6 Å². The maximum atomic E-state index is 13.2. The average Bonchev–Trinajstić information content (AvgIpc) is 2.80. The normalized spacial score (nSPS) is 15.2. The quantitative estimate of drug-likeness (QED) is 0.349. The molecule has 3 rings (SSSR count). The van der Waals surface area contributed by atoms with E-state index in [9.17, 15) is 9.59 Å². The van der Waals surface area contributed by atoms with Gasteiger partial charge in [-0.25, -0.2) is 0 Å². The van der Waals surface area contributed by atoms with E-state index < -0.39 is 0 Å². The third-order valence-corrected chi connectivity index (χ3v) is 5.65. The van der Waals surface area contributed by atoms with Gasteiger partial charge in [0.1, 0.15) is 12.4 Å². The maximum absolute atomic E-state index is 13.2. The number of nitrogens with zero attached hydrogens (tertiary/aromatic N) is 2. The predicted molar refractivity (Wildman–Crippen MR) is 122 cm³/mol. The number of piperazine rings is 1. The van der Waals surface area contributed by atoms with Gasteiger partial charge in [-0.1, -0.05) is 42.5 Å². The highest BCUT2D eigenvalue weighted by Crippen LogP contribution is 2.26. The third-order valence-electron chi connectivity index (χ3n) is 5.65. The molecule has 0 atom stereocenters. The SMILES string of the molecule is COC(=O)CCCC/C=C(\COc1cccc2ccccc12)C(=O)N1CCN(C)CC1. The van der Waals surface area contributed by atoms with Gasteiger partial charge in [0.15, 0.2) is 0 Å². The molecular formula is C25H32N2O4. The van der Waals surface area contributed by atoms with Crippen LogP contribution in [0.4, 0.5) is 0 Å². The molecule has 0 N–H and O–H groups in total. The highest BCUT2D eigenvalue weighted by Gasteiger charge is 2.22. The van der Waals surface area contributed by atoms with E-state index in [1.165, 1.54) is 7.11 Å². The second kappa shape index (κ2) is 11.5. The first-order valence-electron chi connectivity index (χ1n) is 10.9. The van der Waals surface area contributed by atoms with Crippen molar-refractivity contribution in [2.24, 2.45) is 0 Å². The summed E-state index contributed by atoms with van der Waals surface area (Å²) in [6.07, 6.45) is 4.67. The van der Waals surface area contributed by atoms with Crippen molar-refractivity contribution in [1.29, 1.82) is 0 Å². The number of methoxy groups -OCH3 is 1. The van der Waals surface area contributed by atoms with Gasteiger partial charge in [0.05, 0.1) is 12.7 Å². The van der Waals surface area contributed by atoms with Gasteiger partial charge in [-0.05, 0) is 37.8 Å². The summed E-state index contributed by atoms with van der Waals surface area (Å²) in [6.45, 7) is 3.44. The first-order valence-corrected chi connectivity index (χ1v) is 10.9. The van der Waals surface area contributed by atoms with Gasteiger partial charge < -0.3 is 19.3 Å². The van der Waals surface area contributed by atoms with Gasteiger partial charge in [0.2, 0.25) is 0 Å². The van der Waals surface area contributed by atoms with E-state index in [1.807, 2.05) is 41.3 Å². The van der Waals surface area contributed by atoms with Crippen molar-refractivity contribution in [2.75, 3.05) is 46.9 Å². The summed E-state index contributed by atoms with van der Waals surface area (Å²) in [7, 11) is 3.48. The van der Waals surface area contributed by atoms with E-state index in [0.717, 1.165) is 62.0 Å². The molecule has 6 nitrogen and oxygen atoms in total. The van der Waals surface area contributed by atoms with Crippen molar-refractivity contribution in [2.45, 2.75) is 25.7 Å².